The molecule has 0 bridgehead atoms. The normalized spacial score (nSPS) is 23.2. The zero-order valence-corrected chi connectivity index (χ0v) is 17.2. The van der Waals surface area contributed by atoms with E-state index in [0.29, 0.717) is 0 Å². The molecule has 2 aromatic carbocycles. The van der Waals surface area contributed by atoms with Crippen molar-refractivity contribution >= 4 is 35.4 Å². The second-order valence-electron chi connectivity index (χ2n) is 7.23. The lowest BCUT2D eigenvalue weighted by Crippen LogP contribution is -2.27. The summed E-state index contributed by atoms with van der Waals surface area (Å²) in [5.74, 6) is -0.624. The zero-order chi connectivity index (χ0) is 21.1. The fraction of sp³-hybridized carbons (Fsp3) is 0.273. The Hall–Kier alpha value is -3.13. The van der Waals surface area contributed by atoms with Crippen molar-refractivity contribution in [3.05, 3.63) is 65.2 Å². The highest BCUT2D eigenvalue weighted by molar-refractivity contribution is 7.99. The van der Waals surface area contributed by atoms with Crippen LogP contribution in [0.15, 0.2) is 63.6 Å². The topological polar surface area (TPSA) is 100 Å². The van der Waals surface area contributed by atoms with Crippen LogP contribution in [0.1, 0.15) is 23.1 Å². The average molecular weight is 423 g/mol. The molecule has 2 aliphatic rings. The van der Waals surface area contributed by atoms with Gasteiger partial charge in [-0.2, -0.15) is 0 Å². The first-order valence-corrected chi connectivity index (χ1v) is 10.6. The van der Waals surface area contributed by atoms with Crippen molar-refractivity contribution in [1.29, 1.82) is 0 Å². The first-order chi connectivity index (χ1) is 14.5. The van der Waals surface area contributed by atoms with Gasteiger partial charge >= 0.3 is 12.0 Å². The molecule has 7 nitrogen and oxygen atoms in total. The summed E-state index contributed by atoms with van der Waals surface area (Å²) in [7, 11) is 0. The van der Waals surface area contributed by atoms with E-state index in [1.165, 1.54) is 16.0 Å². The molecule has 0 spiro atoms. The standard InChI is InChI=1S/C22H21N3O4S/c1-13-6-5-9-16-19(24-25-22-23-21(28)17(29-22)11-18(26)27)15(12-30-20(13)16)10-14-7-3-2-4-8-14/h2-9,15,17H,10-12H2,1H3,(H,26,27)(H,23,25,28). The SMILES string of the molecule is Cc1cccc2c1SCC(Cc1ccccc1)C2=NN=C1NC(=O)C(CC(=O)O)O1. The number of rotatable bonds is 5. The number of nitrogens with zero attached hydrogens (tertiary/aromatic N) is 2. The van der Waals surface area contributed by atoms with Crippen molar-refractivity contribution in [3.8, 4) is 0 Å². The summed E-state index contributed by atoms with van der Waals surface area (Å²) in [6.45, 7) is 2.07. The number of carbonyl (C=O) groups is 2. The summed E-state index contributed by atoms with van der Waals surface area (Å²) in [6, 6.07) is 16.3. The maximum atomic E-state index is 11.9. The van der Waals surface area contributed by atoms with Crippen molar-refractivity contribution in [1.82, 2.24) is 5.32 Å². The van der Waals surface area contributed by atoms with Gasteiger partial charge in [0, 0.05) is 22.1 Å². The highest BCUT2D eigenvalue weighted by Gasteiger charge is 2.33. The third kappa shape index (κ3) is 4.38. The van der Waals surface area contributed by atoms with Gasteiger partial charge in [-0.05, 0) is 24.5 Å². The fourth-order valence-corrected chi connectivity index (χ4v) is 4.83. The van der Waals surface area contributed by atoms with Crippen molar-refractivity contribution < 1.29 is 19.4 Å². The number of amidine groups is 1. The second-order valence-corrected chi connectivity index (χ2v) is 8.26. The van der Waals surface area contributed by atoms with Crippen LogP contribution in [-0.2, 0) is 20.7 Å². The molecule has 2 aliphatic heterocycles. The molecule has 0 aromatic heterocycles. The molecule has 30 heavy (non-hydrogen) atoms. The number of nitrogens with one attached hydrogen (secondary N) is 1. The Morgan fingerprint density at radius 1 is 1.20 bits per heavy atom. The summed E-state index contributed by atoms with van der Waals surface area (Å²) in [5.41, 5.74) is 4.26. The summed E-state index contributed by atoms with van der Waals surface area (Å²) in [5, 5.41) is 20.0. The Kier molecular flexibility index (Phi) is 5.85. The van der Waals surface area contributed by atoms with E-state index in [2.05, 4.69) is 40.6 Å². The number of ether oxygens (including phenoxy) is 1. The highest BCUT2D eigenvalue weighted by Crippen LogP contribution is 2.37. The monoisotopic (exact) mass is 423 g/mol. The van der Waals surface area contributed by atoms with Gasteiger partial charge in [-0.15, -0.1) is 16.9 Å². The lowest BCUT2D eigenvalue weighted by molar-refractivity contribution is -0.141. The number of carboxylic acids is 1. The molecule has 2 atom stereocenters. The first kappa shape index (κ1) is 20.2. The number of hydrogen-bond donors (Lipinski definition) is 2. The van der Waals surface area contributed by atoms with Gasteiger partial charge in [0.05, 0.1) is 12.1 Å². The van der Waals surface area contributed by atoms with Crippen LogP contribution in [0.25, 0.3) is 0 Å². The molecular weight excluding hydrogens is 402 g/mol. The van der Waals surface area contributed by atoms with Crippen LogP contribution < -0.4 is 5.32 Å². The van der Waals surface area contributed by atoms with E-state index < -0.39 is 24.4 Å². The molecule has 154 valence electrons. The van der Waals surface area contributed by atoms with Gasteiger partial charge in [-0.25, -0.2) is 0 Å². The highest BCUT2D eigenvalue weighted by atomic mass is 32.2. The van der Waals surface area contributed by atoms with Gasteiger partial charge in [0.2, 0.25) is 0 Å². The Morgan fingerprint density at radius 3 is 2.77 bits per heavy atom. The number of carbonyl (C=O) groups excluding carboxylic acids is 1. The molecule has 0 saturated carbocycles. The lowest BCUT2D eigenvalue weighted by Gasteiger charge is -2.26. The summed E-state index contributed by atoms with van der Waals surface area (Å²) < 4.78 is 5.34. The zero-order valence-electron chi connectivity index (χ0n) is 16.4. The molecule has 2 N–H and O–H groups in total. The Balaban J connectivity index is 1.65. The number of benzene rings is 2. The lowest BCUT2D eigenvalue weighted by atomic mass is 9.91. The van der Waals surface area contributed by atoms with E-state index in [1.807, 2.05) is 42.1 Å². The number of hydrogen-bond acceptors (Lipinski definition) is 6. The van der Waals surface area contributed by atoms with Crippen LogP contribution in [0.2, 0.25) is 0 Å². The minimum Gasteiger partial charge on any atom is -0.481 e. The molecule has 8 heteroatoms. The molecule has 0 radical (unpaired) electrons. The van der Waals surface area contributed by atoms with E-state index >= 15 is 0 Å². The van der Waals surface area contributed by atoms with Gasteiger partial charge in [0.25, 0.3) is 5.91 Å². The first-order valence-electron chi connectivity index (χ1n) is 9.63. The number of thioether (sulfide) groups is 1. The van der Waals surface area contributed by atoms with Crippen LogP contribution >= 0.6 is 11.8 Å². The predicted octanol–water partition coefficient (Wildman–Crippen LogP) is 3.01. The molecule has 0 aliphatic carbocycles. The largest absolute Gasteiger partial charge is 0.481 e. The number of aliphatic carboxylic acids is 1. The summed E-state index contributed by atoms with van der Waals surface area (Å²) in [6.07, 6.45) is -0.686. The molecular formula is C22H21N3O4S. The average Bonchev–Trinajstić information content (AvgIpc) is 3.06. The maximum absolute atomic E-state index is 11.9. The smallest absolute Gasteiger partial charge is 0.316 e. The van der Waals surface area contributed by atoms with Gasteiger partial charge in [0.15, 0.2) is 6.10 Å². The van der Waals surface area contributed by atoms with E-state index in [0.717, 1.165) is 23.4 Å². The summed E-state index contributed by atoms with van der Waals surface area (Å²) >= 11 is 1.82. The van der Waals surface area contributed by atoms with Crippen LogP contribution in [0.3, 0.4) is 0 Å². The maximum Gasteiger partial charge on any atom is 0.316 e. The van der Waals surface area contributed by atoms with Gasteiger partial charge < -0.3 is 9.84 Å². The van der Waals surface area contributed by atoms with Gasteiger partial charge in [-0.1, -0.05) is 53.6 Å². The van der Waals surface area contributed by atoms with Gasteiger partial charge in [0.1, 0.15) is 0 Å². The van der Waals surface area contributed by atoms with E-state index in [-0.39, 0.29) is 11.9 Å². The molecule has 1 amide bonds. The van der Waals surface area contributed by atoms with Crippen LogP contribution in [0, 0.1) is 12.8 Å². The Morgan fingerprint density at radius 2 is 2.00 bits per heavy atom. The molecule has 1 saturated heterocycles. The molecule has 4 rings (SSSR count). The number of aryl methyl sites for hydroxylation is 1. The minimum atomic E-state index is -1.11. The summed E-state index contributed by atoms with van der Waals surface area (Å²) in [4.78, 5) is 23.9. The number of carboxylic acid groups (broad SMARTS) is 1. The minimum absolute atomic E-state index is 0.0651. The molecule has 1 fully saturated rings. The van der Waals surface area contributed by atoms with E-state index in [9.17, 15) is 9.59 Å². The second kappa shape index (κ2) is 8.71. The number of fused-ring (bicyclic) bond motifs is 1. The third-order valence-corrected chi connectivity index (χ3v) is 6.41. The number of amides is 1. The van der Waals surface area contributed by atoms with Gasteiger partial charge in [-0.3, -0.25) is 14.9 Å². The van der Waals surface area contributed by atoms with Crippen molar-refractivity contribution in [2.45, 2.75) is 30.8 Å². The Labute approximate surface area is 178 Å². The fourth-order valence-electron chi connectivity index (χ4n) is 3.56. The molecule has 2 aromatic rings. The Bertz CT molecular complexity index is 1040. The van der Waals surface area contributed by atoms with Crippen LogP contribution in [-0.4, -0.2) is 40.6 Å². The molecule has 2 heterocycles. The van der Waals surface area contributed by atoms with Crippen molar-refractivity contribution in [2.75, 3.05) is 5.75 Å². The van der Waals surface area contributed by atoms with Crippen LogP contribution in [0.4, 0.5) is 0 Å². The van der Waals surface area contributed by atoms with Crippen LogP contribution in [0.5, 0.6) is 0 Å². The quantitative estimate of drug-likeness (QED) is 0.720. The van der Waals surface area contributed by atoms with E-state index in [1.54, 1.807) is 0 Å². The third-order valence-electron chi connectivity index (χ3n) is 5.01. The van der Waals surface area contributed by atoms with E-state index in [4.69, 9.17) is 9.84 Å². The van der Waals surface area contributed by atoms with Crippen molar-refractivity contribution in [2.24, 2.45) is 16.1 Å². The molecule has 2 unspecified atom stereocenters. The predicted molar refractivity (Wildman–Crippen MR) is 115 cm³/mol. The van der Waals surface area contributed by atoms with Crippen molar-refractivity contribution in [3.63, 3.8) is 0 Å².